The average molecular weight is 747 g/mol. The van der Waals surface area contributed by atoms with E-state index in [2.05, 4.69) is 75.4 Å². The van der Waals surface area contributed by atoms with Gasteiger partial charge in [-0.3, -0.25) is 19.3 Å². The number of ether oxygens (including phenoxy) is 1. The topological polar surface area (TPSA) is 113 Å². The quantitative estimate of drug-likeness (QED) is 0.200. The third kappa shape index (κ3) is 7.23. The number of carbonyl (C=O) groups is 3. The molecule has 4 fully saturated rings. The van der Waals surface area contributed by atoms with Crippen LogP contribution in [0.3, 0.4) is 0 Å². The van der Waals surface area contributed by atoms with Gasteiger partial charge in [-0.05, 0) is 150 Å². The molecule has 0 bridgehead atoms. The summed E-state index contributed by atoms with van der Waals surface area (Å²) in [6.45, 7) is 21.3. The first-order valence-electron chi connectivity index (χ1n) is 21.2. The molecule has 4 saturated carbocycles. The van der Waals surface area contributed by atoms with Crippen LogP contribution in [-0.4, -0.2) is 82.4 Å². The molecule has 5 aliphatic carbocycles. The normalized spacial score (nSPS) is 36.5. The molecule has 1 N–H and O–H groups in total. The van der Waals surface area contributed by atoms with E-state index < -0.39 is 11.4 Å². The molecule has 9 nitrogen and oxygen atoms in total. The fourth-order valence-corrected chi connectivity index (χ4v) is 13.0. The summed E-state index contributed by atoms with van der Waals surface area (Å²) in [5, 5.41) is 9.58. The van der Waals surface area contributed by atoms with Crippen molar-refractivity contribution in [3.05, 3.63) is 35.4 Å². The van der Waals surface area contributed by atoms with E-state index in [-0.39, 0.29) is 52.5 Å². The van der Waals surface area contributed by atoms with Crippen molar-refractivity contribution in [2.24, 2.45) is 63.1 Å². The molecule has 5 aliphatic rings. The molecule has 0 amide bonds. The highest BCUT2D eigenvalue weighted by Crippen LogP contribution is 2.74. The molecule has 0 spiro atoms. The molecule has 0 radical (unpaired) electrons. The number of ketones is 1. The van der Waals surface area contributed by atoms with E-state index in [0.29, 0.717) is 29.5 Å². The molecule has 0 aliphatic heterocycles. The van der Waals surface area contributed by atoms with E-state index in [9.17, 15) is 19.5 Å². The second-order valence-electron chi connectivity index (χ2n) is 20.2. The van der Waals surface area contributed by atoms with Crippen molar-refractivity contribution in [3.63, 3.8) is 0 Å². The fourth-order valence-electron chi connectivity index (χ4n) is 13.0. The maximum Gasteiger partial charge on any atom is 0.309 e. The zero-order chi connectivity index (χ0) is 39.4. The average Bonchev–Trinajstić information content (AvgIpc) is 3.38. The number of nitrogens with zero attached hydrogens (tertiary/aromatic N) is 4. The molecule has 0 aromatic carbocycles. The minimum absolute atomic E-state index is 0.0644. The summed E-state index contributed by atoms with van der Waals surface area (Å²) in [6.07, 6.45) is 14.8. The molecule has 4 unspecified atom stereocenters. The summed E-state index contributed by atoms with van der Waals surface area (Å²) in [5.74, 6) is 1.44. The van der Waals surface area contributed by atoms with Gasteiger partial charge in [0, 0.05) is 43.5 Å². The maximum atomic E-state index is 14.6. The third-order valence-corrected chi connectivity index (χ3v) is 16.2. The number of Topliss-reactive ketones (excluding diaryl/α,β-unsaturated/α-hetero) is 1. The summed E-state index contributed by atoms with van der Waals surface area (Å²) in [5.41, 5.74) is 3.14. The molecule has 1 heterocycles. The number of allylic oxidation sites excluding steroid dienone is 2. The minimum Gasteiger partial charge on any atom is -0.481 e. The van der Waals surface area contributed by atoms with Gasteiger partial charge in [0.05, 0.1) is 11.8 Å². The Bertz CT molecular complexity index is 1590. The Balaban J connectivity index is 1.20. The van der Waals surface area contributed by atoms with Crippen LogP contribution in [0.1, 0.15) is 125 Å². The van der Waals surface area contributed by atoms with Crippen LogP contribution in [0.15, 0.2) is 29.9 Å². The lowest BCUT2D eigenvalue weighted by Crippen LogP contribution is -2.63. The van der Waals surface area contributed by atoms with E-state index in [1.165, 1.54) is 24.8 Å². The van der Waals surface area contributed by atoms with Crippen LogP contribution in [0.2, 0.25) is 0 Å². The molecule has 10 atom stereocenters. The van der Waals surface area contributed by atoms with Gasteiger partial charge in [0.25, 0.3) is 0 Å². The molecule has 1 aromatic heterocycles. The first-order chi connectivity index (χ1) is 25.3. The molecule has 1 aromatic rings. The Morgan fingerprint density at radius 2 is 1.65 bits per heavy atom. The number of likely N-dealkylation sites (N-methyl/N-ethyl adjacent to an activating group) is 1. The van der Waals surface area contributed by atoms with Gasteiger partial charge in [-0.2, -0.15) is 0 Å². The van der Waals surface area contributed by atoms with Crippen molar-refractivity contribution in [2.45, 2.75) is 132 Å². The number of carbonyl (C=O) groups excluding carboxylic acids is 2. The Labute approximate surface area is 325 Å². The SMILES string of the molecule is CC(C)C1=C2C(CC[C@]3(C)[C@@H]2CCC2[C@@]4(C)CC[C@H](OC(=O)CC(C)(C)C(=O)O)C(C)C4CC[C@]23C)[C@H](CCN(CCN(C)C)Cc2cncnc2)C1=O. The lowest BCUT2D eigenvalue weighted by Gasteiger charge is -2.70. The third-order valence-electron chi connectivity index (χ3n) is 16.2. The number of aromatic nitrogens is 2. The summed E-state index contributed by atoms with van der Waals surface area (Å²) in [6, 6.07) is 0. The number of esters is 1. The van der Waals surface area contributed by atoms with Crippen LogP contribution >= 0.6 is 0 Å². The van der Waals surface area contributed by atoms with Gasteiger partial charge in [-0.25, -0.2) is 9.97 Å². The van der Waals surface area contributed by atoms with Crippen LogP contribution in [0.5, 0.6) is 0 Å². The van der Waals surface area contributed by atoms with Crippen LogP contribution < -0.4 is 0 Å². The molecule has 9 heteroatoms. The highest BCUT2D eigenvalue weighted by molar-refractivity contribution is 6.01. The molecule has 54 heavy (non-hydrogen) atoms. The van der Waals surface area contributed by atoms with Crippen LogP contribution in [0.25, 0.3) is 0 Å². The van der Waals surface area contributed by atoms with Gasteiger partial charge in [-0.1, -0.05) is 47.1 Å². The molecule has 6 rings (SSSR count). The Morgan fingerprint density at radius 1 is 0.963 bits per heavy atom. The molecule has 300 valence electrons. The Hall–Kier alpha value is -2.65. The van der Waals surface area contributed by atoms with E-state index in [0.717, 1.165) is 70.3 Å². The molecular formula is C45H70N4O5. The first kappa shape index (κ1) is 41.0. The van der Waals surface area contributed by atoms with Gasteiger partial charge < -0.3 is 14.7 Å². The van der Waals surface area contributed by atoms with Gasteiger partial charge in [0.2, 0.25) is 0 Å². The van der Waals surface area contributed by atoms with Crippen molar-refractivity contribution in [1.82, 2.24) is 19.8 Å². The summed E-state index contributed by atoms with van der Waals surface area (Å²) >= 11 is 0. The number of fused-ring (bicyclic) bond motifs is 7. The lowest BCUT2D eigenvalue weighted by molar-refractivity contribution is -0.213. The number of hydrogen-bond donors (Lipinski definition) is 1. The van der Waals surface area contributed by atoms with Crippen molar-refractivity contribution in [3.8, 4) is 0 Å². The second kappa shape index (κ2) is 15.4. The predicted octanol–water partition coefficient (Wildman–Crippen LogP) is 8.09. The number of carboxylic acids is 1. The second-order valence-corrected chi connectivity index (χ2v) is 20.2. The molecular weight excluding hydrogens is 677 g/mol. The highest BCUT2D eigenvalue weighted by Gasteiger charge is 2.68. The number of hydrogen-bond acceptors (Lipinski definition) is 8. The Morgan fingerprint density at radius 3 is 2.30 bits per heavy atom. The van der Waals surface area contributed by atoms with Gasteiger partial charge >= 0.3 is 11.9 Å². The summed E-state index contributed by atoms with van der Waals surface area (Å²) < 4.78 is 6.09. The van der Waals surface area contributed by atoms with Gasteiger partial charge in [0.1, 0.15) is 12.4 Å². The van der Waals surface area contributed by atoms with Crippen molar-refractivity contribution < 1.29 is 24.2 Å². The number of carboxylic acid groups (broad SMARTS) is 1. The predicted molar refractivity (Wildman–Crippen MR) is 211 cm³/mol. The Kier molecular flexibility index (Phi) is 11.7. The fraction of sp³-hybridized carbons (Fsp3) is 0.800. The minimum atomic E-state index is -1.14. The van der Waals surface area contributed by atoms with Crippen molar-refractivity contribution in [1.29, 1.82) is 0 Å². The number of aliphatic carboxylic acids is 1. The summed E-state index contributed by atoms with van der Waals surface area (Å²) in [7, 11) is 4.24. The van der Waals surface area contributed by atoms with Crippen molar-refractivity contribution >= 4 is 17.7 Å². The number of rotatable bonds is 13. The monoisotopic (exact) mass is 747 g/mol. The maximum absolute atomic E-state index is 14.6. The van der Waals surface area contributed by atoms with Gasteiger partial charge in [-0.15, -0.1) is 0 Å². The van der Waals surface area contributed by atoms with Crippen molar-refractivity contribution in [2.75, 3.05) is 33.7 Å². The van der Waals surface area contributed by atoms with Crippen LogP contribution in [0, 0.1) is 63.1 Å². The van der Waals surface area contributed by atoms with Crippen LogP contribution in [-0.2, 0) is 25.7 Å². The lowest BCUT2D eigenvalue weighted by atomic mass is 9.34. The summed E-state index contributed by atoms with van der Waals surface area (Å²) in [4.78, 5) is 52.5. The van der Waals surface area contributed by atoms with E-state index >= 15 is 0 Å². The smallest absolute Gasteiger partial charge is 0.309 e. The van der Waals surface area contributed by atoms with E-state index in [1.807, 2.05) is 12.4 Å². The van der Waals surface area contributed by atoms with Crippen LogP contribution in [0.4, 0.5) is 0 Å². The highest BCUT2D eigenvalue weighted by atomic mass is 16.5. The molecule has 0 saturated heterocycles. The van der Waals surface area contributed by atoms with Gasteiger partial charge in [0.15, 0.2) is 5.78 Å². The standard InChI is InChI=1S/C45H70N4O5/c1-28(2)38-39-31(32(40(38)51)16-20-49(22-21-48(9)10)26-30-24-46-27-47-25-30)13-18-44(7)34(39)11-12-36-43(6)17-15-35(29(3)33(43)14-19-45(36,44)8)54-37(50)23-42(4,5)41(52)53/h24-25,27-29,31-36H,11-23,26H2,1-10H3,(H,52,53)/t29?,31?,32-,33?,34+,35-,36?,43-,44+,45+/m0/s1. The van der Waals surface area contributed by atoms with E-state index in [1.54, 1.807) is 25.7 Å². The largest absolute Gasteiger partial charge is 0.481 e. The zero-order valence-corrected chi connectivity index (χ0v) is 35.1. The zero-order valence-electron chi connectivity index (χ0n) is 35.1. The van der Waals surface area contributed by atoms with E-state index in [4.69, 9.17) is 4.74 Å². The first-order valence-corrected chi connectivity index (χ1v) is 21.2.